The van der Waals surface area contributed by atoms with E-state index in [9.17, 15) is 4.79 Å². The molecule has 0 saturated carbocycles. The molecule has 0 radical (unpaired) electrons. The van der Waals surface area contributed by atoms with Crippen LogP contribution in [-0.4, -0.2) is 19.1 Å². The number of carbonyl (C=O) groups is 1. The molecule has 0 aliphatic carbocycles. The molecule has 1 unspecified atom stereocenters. The average Bonchev–Trinajstić information content (AvgIpc) is 3.28. The molecule has 4 aromatic rings. The maximum absolute atomic E-state index is 13.6. The van der Waals surface area contributed by atoms with E-state index in [4.69, 9.17) is 25.5 Å². The SMILES string of the molecule is CCOc1cc2c(cc1OCC)C(c1ccc(Cl)cc1)N(c1ccc3occc3c1)C(=O)C2. The van der Waals surface area contributed by atoms with E-state index in [1.54, 1.807) is 6.26 Å². The Balaban J connectivity index is 1.71. The van der Waals surface area contributed by atoms with E-state index < -0.39 is 0 Å². The number of furan rings is 1. The van der Waals surface area contributed by atoms with E-state index >= 15 is 0 Å². The topological polar surface area (TPSA) is 51.9 Å². The molecule has 1 aliphatic rings. The molecular weight excluding hydrogens is 438 g/mol. The summed E-state index contributed by atoms with van der Waals surface area (Å²) >= 11 is 6.18. The Bertz CT molecular complexity index is 1310. The molecule has 0 fully saturated rings. The van der Waals surface area contributed by atoms with Crippen molar-refractivity contribution in [3.63, 3.8) is 0 Å². The Hall–Kier alpha value is -3.44. The molecule has 5 nitrogen and oxygen atoms in total. The third-order valence-corrected chi connectivity index (χ3v) is 6.12. The summed E-state index contributed by atoms with van der Waals surface area (Å²) in [7, 11) is 0. The smallest absolute Gasteiger partial charge is 0.232 e. The lowest BCUT2D eigenvalue weighted by molar-refractivity contribution is -0.118. The van der Waals surface area contributed by atoms with Gasteiger partial charge in [0.15, 0.2) is 11.5 Å². The van der Waals surface area contributed by atoms with Crippen molar-refractivity contribution < 1.29 is 18.7 Å². The van der Waals surface area contributed by atoms with Gasteiger partial charge in [0.05, 0.1) is 31.9 Å². The van der Waals surface area contributed by atoms with Gasteiger partial charge in [-0.2, -0.15) is 0 Å². The molecule has 0 N–H and O–H groups in total. The van der Waals surface area contributed by atoms with Gasteiger partial charge in [-0.05, 0) is 79.1 Å². The van der Waals surface area contributed by atoms with Crippen molar-refractivity contribution in [2.45, 2.75) is 26.3 Å². The van der Waals surface area contributed by atoms with Gasteiger partial charge in [0.25, 0.3) is 0 Å². The molecule has 1 atom stereocenters. The molecule has 5 rings (SSSR count). The Morgan fingerprint density at radius 3 is 2.42 bits per heavy atom. The van der Waals surface area contributed by atoms with Crippen LogP contribution in [0.3, 0.4) is 0 Å². The van der Waals surface area contributed by atoms with Gasteiger partial charge in [-0.15, -0.1) is 0 Å². The van der Waals surface area contributed by atoms with Gasteiger partial charge in [-0.3, -0.25) is 4.79 Å². The van der Waals surface area contributed by atoms with Crippen molar-refractivity contribution >= 4 is 34.2 Å². The summed E-state index contributed by atoms with van der Waals surface area (Å²) in [4.78, 5) is 15.4. The zero-order valence-electron chi connectivity index (χ0n) is 18.5. The lowest BCUT2D eigenvalue weighted by Crippen LogP contribution is -2.41. The van der Waals surface area contributed by atoms with Gasteiger partial charge in [0.1, 0.15) is 5.58 Å². The highest BCUT2D eigenvalue weighted by Crippen LogP contribution is 2.44. The first-order valence-corrected chi connectivity index (χ1v) is 11.4. The second-order valence-corrected chi connectivity index (χ2v) is 8.34. The fourth-order valence-electron chi connectivity index (χ4n) is 4.46. The summed E-state index contributed by atoms with van der Waals surface area (Å²) in [5, 5.41) is 1.59. The van der Waals surface area contributed by atoms with Crippen LogP contribution in [0, 0.1) is 0 Å². The van der Waals surface area contributed by atoms with Crippen molar-refractivity contribution in [3.05, 3.63) is 88.6 Å². The van der Waals surface area contributed by atoms with Crippen molar-refractivity contribution in [1.29, 1.82) is 0 Å². The minimum atomic E-state index is -0.335. The first-order valence-electron chi connectivity index (χ1n) is 11.1. The molecule has 1 amide bonds. The number of rotatable bonds is 6. The summed E-state index contributed by atoms with van der Waals surface area (Å²) in [6.07, 6.45) is 1.93. The molecule has 0 bridgehead atoms. The molecule has 168 valence electrons. The first kappa shape index (κ1) is 21.4. The Kier molecular flexibility index (Phi) is 5.73. The molecule has 2 heterocycles. The number of hydrogen-bond donors (Lipinski definition) is 0. The maximum atomic E-state index is 13.6. The van der Waals surface area contributed by atoms with Crippen LogP contribution >= 0.6 is 11.6 Å². The molecule has 0 spiro atoms. The molecule has 33 heavy (non-hydrogen) atoms. The van der Waals surface area contributed by atoms with Crippen molar-refractivity contribution in [2.24, 2.45) is 0 Å². The van der Waals surface area contributed by atoms with Gasteiger partial charge in [0, 0.05) is 16.1 Å². The van der Waals surface area contributed by atoms with Crippen molar-refractivity contribution in [3.8, 4) is 11.5 Å². The van der Waals surface area contributed by atoms with E-state index in [0.29, 0.717) is 29.7 Å². The Labute approximate surface area is 197 Å². The van der Waals surface area contributed by atoms with E-state index in [-0.39, 0.29) is 18.4 Å². The fourth-order valence-corrected chi connectivity index (χ4v) is 4.59. The molecule has 1 aliphatic heterocycles. The second-order valence-electron chi connectivity index (χ2n) is 7.90. The van der Waals surface area contributed by atoms with Crippen molar-refractivity contribution in [1.82, 2.24) is 0 Å². The fraction of sp³-hybridized carbons (Fsp3) is 0.222. The summed E-state index contributed by atoms with van der Waals surface area (Å²) < 4.78 is 17.2. The lowest BCUT2D eigenvalue weighted by Gasteiger charge is -2.38. The zero-order valence-corrected chi connectivity index (χ0v) is 19.3. The number of amides is 1. The highest BCUT2D eigenvalue weighted by atomic mass is 35.5. The molecule has 3 aromatic carbocycles. The average molecular weight is 462 g/mol. The number of ether oxygens (including phenoxy) is 2. The number of hydrogen-bond acceptors (Lipinski definition) is 4. The number of anilines is 1. The van der Waals surface area contributed by atoms with E-state index in [2.05, 4.69) is 0 Å². The Morgan fingerprint density at radius 1 is 0.970 bits per heavy atom. The molecular formula is C27H24ClNO4. The summed E-state index contributed by atoms with van der Waals surface area (Å²) in [6, 6.07) is 19.0. The normalized spacial score (nSPS) is 15.5. The number of carbonyl (C=O) groups excluding carboxylic acids is 1. The predicted octanol–water partition coefficient (Wildman–Crippen LogP) is 6.56. The summed E-state index contributed by atoms with van der Waals surface area (Å²) in [6.45, 7) is 4.92. The number of halogens is 1. The summed E-state index contributed by atoms with van der Waals surface area (Å²) in [5.41, 5.74) is 4.51. The van der Waals surface area contributed by atoms with E-state index in [1.165, 1.54) is 0 Å². The highest BCUT2D eigenvalue weighted by Gasteiger charge is 2.36. The van der Waals surface area contributed by atoms with Crippen LogP contribution in [0.4, 0.5) is 5.69 Å². The minimum Gasteiger partial charge on any atom is -0.490 e. The Morgan fingerprint density at radius 2 is 1.70 bits per heavy atom. The van der Waals surface area contributed by atoms with Crippen LogP contribution in [0.25, 0.3) is 11.0 Å². The van der Waals surface area contributed by atoms with Gasteiger partial charge < -0.3 is 18.8 Å². The predicted molar refractivity (Wildman–Crippen MR) is 129 cm³/mol. The number of fused-ring (bicyclic) bond motifs is 2. The molecule has 1 aromatic heterocycles. The highest BCUT2D eigenvalue weighted by molar-refractivity contribution is 6.30. The maximum Gasteiger partial charge on any atom is 0.232 e. The second kappa shape index (κ2) is 8.83. The van der Waals surface area contributed by atoms with Crippen LogP contribution in [0.1, 0.15) is 36.6 Å². The minimum absolute atomic E-state index is 0.0110. The van der Waals surface area contributed by atoms with Crippen LogP contribution in [0.2, 0.25) is 5.02 Å². The summed E-state index contributed by atoms with van der Waals surface area (Å²) in [5.74, 6) is 1.35. The van der Waals surface area contributed by atoms with Crippen LogP contribution < -0.4 is 14.4 Å². The molecule has 6 heteroatoms. The van der Waals surface area contributed by atoms with Crippen LogP contribution in [0.15, 0.2) is 71.3 Å². The lowest BCUT2D eigenvalue weighted by atomic mass is 9.86. The third kappa shape index (κ3) is 3.93. The third-order valence-electron chi connectivity index (χ3n) is 5.87. The van der Waals surface area contributed by atoms with E-state index in [1.807, 2.05) is 79.4 Å². The molecule has 0 saturated heterocycles. The number of nitrogens with zero attached hydrogens (tertiary/aromatic N) is 1. The quantitative estimate of drug-likeness (QED) is 0.326. The first-order chi connectivity index (χ1) is 16.1. The standard InChI is InChI=1S/C27H24ClNO4/c1-3-31-24-14-19-15-26(30)29(21-9-10-23-18(13-21)11-12-33-23)27(17-5-7-20(28)8-6-17)22(19)16-25(24)32-4-2/h5-14,16,27H,3-4,15H2,1-2H3. The van der Waals surface area contributed by atoms with E-state index in [0.717, 1.165) is 33.3 Å². The van der Waals surface area contributed by atoms with Crippen molar-refractivity contribution in [2.75, 3.05) is 18.1 Å². The largest absolute Gasteiger partial charge is 0.490 e. The number of benzene rings is 3. The van der Waals surface area contributed by atoms with Gasteiger partial charge in [-0.1, -0.05) is 23.7 Å². The zero-order chi connectivity index (χ0) is 22.9. The van der Waals surface area contributed by atoms with Crippen LogP contribution in [0.5, 0.6) is 11.5 Å². The van der Waals surface area contributed by atoms with Gasteiger partial charge >= 0.3 is 0 Å². The monoisotopic (exact) mass is 461 g/mol. The van der Waals surface area contributed by atoms with Crippen LogP contribution in [-0.2, 0) is 11.2 Å². The van der Waals surface area contributed by atoms with Gasteiger partial charge in [-0.25, -0.2) is 0 Å². The van der Waals surface area contributed by atoms with Gasteiger partial charge in [0.2, 0.25) is 5.91 Å².